The molecule has 0 unspecified atom stereocenters. The average Bonchev–Trinajstić information content (AvgIpc) is 2.96. The maximum absolute atomic E-state index is 13.0. The third kappa shape index (κ3) is 3.88. The lowest BCUT2D eigenvalue weighted by Crippen LogP contribution is -2.32. The number of carbonyl (C=O) groups is 1. The Morgan fingerprint density at radius 2 is 1.67 bits per heavy atom. The molecular weight excluding hydrogens is 360 g/mol. The molecule has 0 aliphatic carbocycles. The van der Waals surface area contributed by atoms with E-state index in [0.29, 0.717) is 10.8 Å². The first-order valence-electron chi connectivity index (χ1n) is 9.30. The van der Waals surface area contributed by atoms with Gasteiger partial charge in [0.1, 0.15) is 0 Å². The number of likely N-dealkylation sites (tertiary alicyclic amines) is 1. The molecule has 1 fully saturated rings. The zero-order valence-electron chi connectivity index (χ0n) is 15.0. The Labute approximate surface area is 163 Å². The van der Waals surface area contributed by atoms with E-state index < -0.39 is 0 Å². The fourth-order valence-electron chi connectivity index (χ4n) is 3.38. The van der Waals surface area contributed by atoms with Crippen molar-refractivity contribution in [3.8, 4) is 17.1 Å². The number of carbonyl (C=O) groups excluding carboxylic acids is 1. The Hall–Kier alpha value is -2.66. The number of aromatic nitrogens is 3. The molecule has 1 amide bonds. The van der Waals surface area contributed by atoms with Crippen LogP contribution < -0.4 is 0 Å². The number of nitrogens with zero attached hydrogens (tertiary/aromatic N) is 4. The molecule has 1 saturated heterocycles. The van der Waals surface area contributed by atoms with E-state index in [1.54, 1.807) is 4.68 Å². The Balaban J connectivity index is 1.77. The van der Waals surface area contributed by atoms with Crippen LogP contribution in [-0.4, -0.2) is 38.7 Å². The summed E-state index contributed by atoms with van der Waals surface area (Å²) in [5.41, 5.74) is 1.68. The minimum atomic E-state index is -0.102. The summed E-state index contributed by atoms with van der Waals surface area (Å²) in [6.07, 6.45) is 4.41. The zero-order valence-corrected chi connectivity index (χ0v) is 15.8. The Morgan fingerprint density at radius 1 is 0.926 bits per heavy atom. The summed E-state index contributed by atoms with van der Waals surface area (Å²) in [4.78, 5) is 19.5. The monoisotopic (exact) mass is 380 g/mol. The zero-order chi connectivity index (χ0) is 18.6. The Kier molecular flexibility index (Phi) is 5.21. The van der Waals surface area contributed by atoms with Crippen molar-refractivity contribution in [3.63, 3.8) is 0 Å². The van der Waals surface area contributed by atoms with Gasteiger partial charge in [-0.05, 0) is 31.0 Å². The summed E-state index contributed by atoms with van der Waals surface area (Å²) < 4.78 is 1.70. The minimum absolute atomic E-state index is 0.102. The molecule has 0 saturated carbocycles. The maximum atomic E-state index is 13.0. The summed E-state index contributed by atoms with van der Waals surface area (Å²) in [7, 11) is 0. The molecule has 1 aromatic heterocycles. The van der Waals surface area contributed by atoms with Gasteiger partial charge in [0.05, 0.1) is 5.69 Å². The van der Waals surface area contributed by atoms with Gasteiger partial charge in [0.25, 0.3) is 5.91 Å². The van der Waals surface area contributed by atoms with Crippen molar-refractivity contribution in [2.75, 3.05) is 13.1 Å². The van der Waals surface area contributed by atoms with Crippen molar-refractivity contribution >= 4 is 17.5 Å². The van der Waals surface area contributed by atoms with Crippen molar-refractivity contribution in [2.24, 2.45) is 0 Å². The molecule has 2 heterocycles. The molecule has 5 nitrogen and oxygen atoms in total. The van der Waals surface area contributed by atoms with Crippen molar-refractivity contribution in [1.82, 2.24) is 19.7 Å². The van der Waals surface area contributed by atoms with E-state index in [4.69, 9.17) is 11.6 Å². The normalized spacial score (nSPS) is 14.8. The van der Waals surface area contributed by atoms with Crippen LogP contribution in [-0.2, 0) is 0 Å². The largest absolute Gasteiger partial charge is 0.336 e. The highest BCUT2D eigenvalue weighted by Gasteiger charge is 2.24. The summed E-state index contributed by atoms with van der Waals surface area (Å²) in [6.45, 7) is 1.54. The SMILES string of the molecule is O=C(c1nc(-c2ccccc2)n(-c2cccc(Cl)c2)n1)N1CCCCCC1. The van der Waals surface area contributed by atoms with Crippen LogP contribution in [0.4, 0.5) is 0 Å². The highest BCUT2D eigenvalue weighted by atomic mass is 35.5. The van der Waals surface area contributed by atoms with E-state index in [1.165, 1.54) is 12.8 Å². The maximum Gasteiger partial charge on any atom is 0.293 e. The van der Waals surface area contributed by atoms with E-state index in [0.717, 1.165) is 37.2 Å². The van der Waals surface area contributed by atoms with Gasteiger partial charge in [-0.3, -0.25) is 4.79 Å². The molecule has 0 N–H and O–H groups in total. The molecule has 138 valence electrons. The first kappa shape index (κ1) is 17.7. The molecule has 4 rings (SSSR count). The lowest BCUT2D eigenvalue weighted by atomic mass is 10.2. The van der Waals surface area contributed by atoms with Crippen LogP contribution in [0.1, 0.15) is 36.3 Å². The second-order valence-electron chi connectivity index (χ2n) is 6.72. The third-order valence-electron chi connectivity index (χ3n) is 4.78. The third-order valence-corrected chi connectivity index (χ3v) is 5.01. The second-order valence-corrected chi connectivity index (χ2v) is 7.16. The summed E-state index contributed by atoms with van der Waals surface area (Å²) in [5.74, 6) is 0.765. The van der Waals surface area contributed by atoms with Crippen LogP contribution in [0.2, 0.25) is 5.02 Å². The van der Waals surface area contributed by atoms with Crippen LogP contribution in [0.5, 0.6) is 0 Å². The molecule has 2 aromatic carbocycles. The van der Waals surface area contributed by atoms with Crippen molar-refractivity contribution in [3.05, 3.63) is 65.4 Å². The Bertz CT molecular complexity index is 930. The van der Waals surface area contributed by atoms with Gasteiger partial charge in [-0.1, -0.05) is 60.8 Å². The fourth-order valence-corrected chi connectivity index (χ4v) is 3.56. The van der Waals surface area contributed by atoms with Gasteiger partial charge in [0.15, 0.2) is 5.82 Å². The molecule has 1 aliphatic heterocycles. The molecule has 27 heavy (non-hydrogen) atoms. The van der Waals surface area contributed by atoms with Crippen LogP contribution in [0.15, 0.2) is 54.6 Å². The highest BCUT2D eigenvalue weighted by Crippen LogP contribution is 2.23. The molecule has 3 aromatic rings. The predicted molar refractivity (Wildman–Crippen MR) is 106 cm³/mol. The summed E-state index contributed by atoms with van der Waals surface area (Å²) in [6, 6.07) is 17.2. The predicted octanol–water partition coefficient (Wildman–Crippen LogP) is 4.60. The van der Waals surface area contributed by atoms with Gasteiger partial charge in [-0.15, -0.1) is 5.10 Å². The van der Waals surface area contributed by atoms with E-state index in [-0.39, 0.29) is 11.7 Å². The number of amides is 1. The quantitative estimate of drug-likeness (QED) is 0.667. The number of benzene rings is 2. The van der Waals surface area contributed by atoms with Gasteiger partial charge in [-0.2, -0.15) is 0 Å². The average molecular weight is 381 g/mol. The van der Waals surface area contributed by atoms with E-state index in [1.807, 2.05) is 59.5 Å². The van der Waals surface area contributed by atoms with E-state index in [2.05, 4.69) is 10.1 Å². The smallest absolute Gasteiger partial charge is 0.293 e. The molecule has 0 atom stereocenters. The number of halogens is 1. The summed E-state index contributed by atoms with van der Waals surface area (Å²) in [5, 5.41) is 5.17. The molecular formula is C21H21ClN4O. The summed E-state index contributed by atoms with van der Waals surface area (Å²) >= 11 is 6.17. The topological polar surface area (TPSA) is 51.0 Å². The first-order valence-corrected chi connectivity index (χ1v) is 9.68. The van der Waals surface area contributed by atoms with Gasteiger partial charge in [0.2, 0.25) is 5.82 Å². The van der Waals surface area contributed by atoms with Gasteiger partial charge in [-0.25, -0.2) is 9.67 Å². The standard InChI is InChI=1S/C21H21ClN4O/c22-17-11-8-12-18(15-17)26-20(16-9-4-3-5-10-16)23-19(24-26)21(27)25-13-6-1-2-7-14-25/h3-5,8-12,15H,1-2,6-7,13-14H2. The van der Waals surface area contributed by atoms with E-state index >= 15 is 0 Å². The number of rotatable bonds is 3. The van der Waals surface area contributed by atoms with Crippen molar-refractivity contribution < 1.29 is 4.79 Å². The fraction of sp³-hybridized carbons (Fsp3) is 0.286. The number of hydrogen-bond donors (Lipinski definition) is 0. The molecule has 6 heteroatoms. The molecule has 0 radical (unpaired) electrons. The lowest BCUT2D eigenvalue weighted by Gasteiger charge is -2.18. The molecule has 0 bridgehead atoms. The first-order chi connectivity index (χ1) is 13.2. The van der Waals surface area contributed by atoms with Crippen LogP contribution in [0.3, 0.4) is 0 Å². The van der Waals surface area contributed by atoms with Crippen molar-refractivity contribution in [1.29, 1.82) is 0 Å². The number of hydrogen-bond acceptors (Lipinski definition) is 3. The molecule has 1 aliphatic rings. The lowest BCUT2D eigenvalue weighted by molar-refractivity contribution is 0.0749. The van der Waals surface area contributed by atoms with Crippen LogP contribution in [0.25, 0.3) is 17.1 Å². The van der Waals surface area contributed by atoms with Crippen molar-refractivity contribution in [2.45, 2.75) is 25.7 Å². The van der Waals surface area contributed by atoms with Gasteiger partial charge in [0, 0.05) is 23.7 Å². The van der Waals surface area contributed by atoms with Gasteiger partial charge < -0.3 is 4.90 Å². The minimum Gasteiger partial charge on any atom is -0.336 e. The van der Waals surface area contributed by atoms with E-state index in [9.17, 15) is 4.79 Å². The second kappa shape index (κ2) is 7.92. The molecule has 0 spiro atoms. The van der Waals surface area contributed by atoms with Crippen LogP contribution >= 0.6 is 11.6 Å². The van der Waals surface area contributed by atoms with Gasteiger partial charge >= 0.3 is 0 Å². The Morgan fingerprint density at radius 3 is 2.37 bits per heavy atom. The highest BCUT2D eigenvalue weighted by molar-refractivity contribution is 6.30. The van der Waals surface area contributed by atoms with Crippen LogP contribution in [0, 0.1) is 0 Å².